The summed E-state index contributed by atoms with van der Waals surface area (Å²) < 4.78 is 4.11. The minimum atomic E-state index is -0.336. The van der Waals surface area contributed by atoms with Gasteiger partial charge in [0.1, 0.15) is 0 Å². The molecule has 180 valence electrons. The smallest absolute Gasteiger partial charge is 0.332 e. The molecule has 5 rings (SSSR count). The van der Waals surface area contributed by atoms with Crippen LogP contribution in [0.15, 0.2) is 76.3 Å². The Bertz CT molecular complexity index is 1490. The fraction of sp³-hybridized carbons (Fsp3) is 0.259. The zero-order chi connectivity index (χ0) is 24.5. The molecule has 1 fully saturated rings. The normalized spacial score (nSPS) is 14.5. The highest BCUT2D eigenvalue weighted by Crippen LogP contribution is 2.29. The molecule has 1 aromatic heterocycles. The Morgan fingerprint density at radius 2 is 1.51 bits per heavy atom. The van der Waals surface area contributed by atoms with Crippen LogP contribution in [0.5, 0.6) is 0 Å². The Labute approximate surface area is 222 Å². The van der Waals surface area contributed by atoms with Crippen molar-refractivity contribution in [2.24, 2.45) is 0 Å². The molecule has 0 unspecified atom stereocenters. The molecule has 2 heterocycles. The van der Waals surface area contributed by atoms with Crippen LogP contribution in [0.25, 0.3) is 10.9 Å². The zero-order valence-corrected chi connectivity index (χ0v) is 22.4. The number of aromatic nitrogens is 2. The maximum absolute atomic E-state index is 13.9. The minimum absolute atomic E-state index is 0.212. The summed E-state index contributed by atoms with van der Waals surface area (Å²) in [4.78, 5) is 32.2. The van der Waals surface area contributed by atoms with Crippen LogP contribution in [0.2, 0.25) is 5.02 Å². The molecule has 8 heteroatoms. The van der Waals surface area contributed by atoms with Crippen molar-refractivity contribution < 1.29 is 0 Å². The number of fused-ring (bicyclic) bond motifs is 1. The molecule has 0 aliphatic carbocycles. The molecule has 0 N–H and O–H groups in total. The van der Waals surface area contributed by atoms with E-state index in [9.17, 15) is 9.59 Å². The molecule has 1 saturated heterocycles. The number of likely N-dealkylation sites (N-methyl/N-ethyl adjacent to an activating group) is 1. The van der Waals surface area contributed by atoms with Gasteiger partial charge in [-0.05, 0) is 65.0 Å². The SMILES string of the molecule is CN1CCN(c2cc(Cl)cc3c2c(=O)n(Cc2cccc(I)c2)c(=O)n3Cc2ccccc2)CC1. The number of halogens is 2. The van der Waals surface area contributed by atoms with Crippen LogP contribution in [0.4, 0.5) is 5.69 Å². The molecular formula is C27H26ClIN4O2. The fourth-order valence-corrected chi connectivity index (χ4v) is 5.47. The number of anilines is 1. The van der Waals surface area contributed by atoms with Gasteiger partial charge in [0.25, 0.3) is 5.56 Å². The molecule has 1 aliphatic rings. The number of hydrogen-bond donors (Lipinski definition) is 0. The summed E-state index contributed by atoms with van der Waals surface area (Å²) in [5.41, 5.74) is 2.65. The molecule has 6 nitrogen and oxygen atoms in total. The van der Waals surface area contributed by atoms with Gasteiger partial charge in [-0.2, -0.15) is 0 Å². The lowest BCUT2D eigenvalue weighted by atomic mass is 10.1. The lowest BCUT2D eigenvalue weighted by Gasteiger charge is -2.34. The fourth-order valence-electron chi connectivity index (χ4n) is 4.65. The van der Waals surface area contributed by atoms with E-state index in [4.69, 9.17) is 11.6 Å². The second kappa shape index (κ2) is 10.2. The van der Waals surface area contributed by atoms with Crippen molar-refractivity contribution in [3.05, 3.63) is 107 Å². The van der Waals surface area contributed by atoms with Crippen molar-refractivity contribution in [1.82, 2.24) is 14.0 Å². The average molecular weight is 601 g/mol. The summed E-state index contributed by atoms with van der Waals surface area (Å²) in [5, 5.41) is 1.06. The lowest BCUT2D eigenvalue weighted by molar-refractivity contribution is 0.313. The molecule has 35 heavy (non-hydrogen) atoms. The second-order valence-corrected chi connectivity index (χ2v) is 10.7. The van der Waals surface area contributed by atoms with Crippen LogP contribution in [0.1, 0.15) is 11.1 Å². The number of nitrogens with zero attached hydrogens (tertiary/aromatic N) is 4. The van der Waals surface area contributed by atoms with Crippen molar-refractivity contribution in [2.45, 2.75) is 13.1 Å². The van der Waals surface area contributed by atoms with Crippen LogP contribution in [-0.4, -0.2) is 47.3 Å². The summed E-state index contributed by atoms with van der Waals surface area (Å²) >= 11 is 8.82. The topological polar surface area (TPSA) is 50.5 Å². The van der Waals surface area contributed by atoms with Crippen molar-refractivity contribution in [1.29, 1.82) is 0 Å². The summed E-state index contributed by atoms with van der Waals surface area (Å²) in [6.07, 6.45) is 0. The van der Waals surface area contributed by atoms with Gasteiger partial charge in [0.05, 0.1) is 29.7 Å². The maximum Gasteiger partial charge on any atom is 0.332 e. The van der Waals surface area contributed by atoms with Gasteiger partial charge in [-0.3, -0.25) is 13.9 Å². The van der Waals surface area contributed by atoms with Gasteiger partial charge < -0.3 is 9.80 Å². The van der Waals surface area contributed by atoms with Crippen LogP contribution in [0.3, 0.4) is 0 Å². The first-order valence-corrected chi connectivity index (χ1v) is 13.0. The zero-order valence-electron chi connectivity index (χ0n) is 19.5. The van der Waals surface area contributed by atoms with Crippen LogP contribution in [-0.2, 0) is 13.1 Å². The quantitative estimate of drug-likeness (QED) is 0.321. The number of rotatable bonds is 5. The van der Waals surface area contributed by atoms with Gasteiger partial charge in [-0.1, -0.05) is 54.1 Å². The van der Waals surface area contributed by atoms with E-state index in [1.165, 1.54) is 4.57 Å². The molecule has 3 aromatic carbocycles. The predicted octanol–water partition coefficient (Wildman–Crippen LogP) is 4.27. The highest BCUT2D eigenvalue weighted by Gasteiger charge is 2.23. The van der Waals surface area contributed by atoms with Crippen molar-refractivity contribution in [3.63, 3.8) is 0 Å². The Hall–Kier alpha value is -2.62. The molecule has 0 amide bonds. The number of benzene rings is 3. The first-order valence-electron chi connectivity index (χ1n) is 11.6. The van der Waals surface area contributed by atoms with E-state index in [2.05, 4.69) is 39.4 Å². The lowest BCUT2D eigenvalue weighted by Crippen LogP contribution is -2.46. The van der Waals surface area contributed by atoms with E-state index >= 15 is 0 Å². The monoisotopic (exact) mass is 600 g/mol. The summed E-state index contributed by atoms with van der Waals surface area (Å²) in [7, 11) is 2.10. The van der Waals surface area contributed by atoms with Gasteiger partial charge in [0.15, 0.2) is 0 Å². The predicted molar refractivity (Wildman–Crippen MR) is 151 cm³/mol. The summed E-state index contributed by atoms with van der Waals surface area (Å²) in [5.74, 6) is 0. The second-order valence-electron chi connectivity index (χ2n) is 8.98. The van der Waals surface area contributed by atoms with E-state index in [0.717, 1.165) is 46.6 Å². The summed E-state index contributed by atoms with van der Waals surface area (Å²) in [6.45, 7) is 3.94. The largest absolute Gasteiger partial charge is 0.368 e. The third-order valence-electron chi connectivity index (χ3n) is 6.53. The maximum atomic E-state index is 13.9. The highest BCUT2D eigenvalue weighted by molar-refractivity contribution is 14.1. The average Bonchev–Trinajstić information content (AvgIpc) is 2.85. The first-order chi connectivity index (χ1) is 16.9. The van der Waals surface area contributed by atoms with E-state index in [1.807, 2.05) is 60.7 Å². The standard InChI is InChI=1S/C27H26ClIN4O2/c1-30-10-12-31(13-11-30)23-15-21(28)16-24-25(23)26(34)33(18-20-8-5-9-22(29)14-20)27(35)32(24)17-19-6-3-2-4-7-19/h2-9,14-16H,10-13,17-18H2,1H3. The minimum Gasteiger partial charge on any atom is -0.368 e. The Balaban J connectivity index is 1.76. The van der Waals surface area contributed by atoms with Gasteiger partial charge in [-0.25, -0.2) is 4.79 Å². The molecule has 1 aliphatic heterocycles. The molecule has 0 atom stereocenters. The Kier molecular flexibility index (Phi) is 7.00. The summed E-state index contributed by atoms with van der Waals surface area (Å²) in [6, 6.07) is 21.3. The van der Waals surface area contributed by atoms with E-state index in [1.54, 1.807) is 10.6 Å². The van der Waals surface area contributed by atoms with E-state index in [-0.39, 0.29) is 17.8 Å². The Morgan fingerprint density at radius 1 is 0.829 bits per heavy atom. The van der Waals surface area contributed by atoms with Crippen molar-refractivity contribution >= 4 is 50.8 Å². The molecule has 4 aromatic rings. The molecular weight excluding hydrogens is 575 g/mol. The molecule has 0 saturated carbocycles. The highest BCUT2D eigenvalue weighted by atomic mass is 127. The third-order valence-corrected chi connectivity index (χ3v) is 7.42. The van der Waals surface area contributed by atoms with Crippen LogP contribution in [0, 0.1) is 3.57 Å². The number of piperazine rings is 1. The van der Waals surface area contributed by atoms with Crippen molar-refractivity contribution in [2.75, 3.05) is 38.1 Å². The van der Waals surface area contributed by atoms with Gasteiger partial charge in [0, 0.05) is 34.8 Å². The van der Waals surface area contributed by atoms with Crippen LogP contribution >= 0.6 is 34.2 Å². The Morgan fingerprint density at radius 3 is 2.23 bits per heavy atom. The van der Waals surface area contributed by atoms with Crippen molar-refractivity contribution in [3.8, 4) is 0 Å². The van der Waals surface area contributed by atoms with Gasteiger partial charge in [-0.15, -0.1) is 0 Å². The first kappa shape index (κ1) is 24.1. The van der Waals surface area contributed by atoms with E-state index in [0.29, 0.717) is 22.5 Å². The van der Waals surface area contributed by atoms with Crippen LogP contribution < -0.4 is 16.1 Å². The number of hydrogen-bond acceptors (Lipinski definition) is 4. The molecule has 0 spiro atoms. The molecule has 0 bridgehead atoms. The van der Waals surface area contributed by atoms with E-state index < -0.39 is 0 Å². The third kappa shape index (κ3) is 5.03. The van der Waals surface area contributed by atoms with Gasteiger partial charge in [0.2, 0.25) is 0 Å². The van der Waals surface area contributed by atoms with Gasteiger partial charge >= 0.3 is 5.69 Å². The molecule has 0 radical (unpaired) electrons.